The van der Waals surface area contributed by atoms with Crippen LogP contribution in [0, 0.1) is 0 Å². The summed E-state index contributed by atoms with van der Waals surface area (Å²) in [5.74, 6) is 0.0652. The minimum atomic E-state index is 0.0652. The van der Waals surface area contributed by atoms with Crippen molar-refractivity contribution >= 4 is 16.8 Å². The first-order chi connectivity index (χ1) is 9.13. The highest BCUT2D eigenvalue weighted by molar-refractivity contribution is 6.08. The van der Waals surface area contributed by atoms with Crippen molar-refractivity contribution in [2.45, 2.75) is 13.0 Å². The number of hydrogen-bond donors (Lipinski definition) is 0. The van der Waals surface area contributed by atoms with Crippen molar-refractivity contribution in [3.05, 3.63) is 36.1 Å². The predicted octanol–water partition coefficient (Wildman–Crippen LogP) is 2.58. The zero-order chi connectivity index (χ0) is 13.8. The second kappa shape index (κ2) is 5.99. The third-order valence-corrected chi connectivity index (χ3v) is 3.33. The standard InChI is InChI=1S/C15H19NO3/c1-11(9-18-3)16(2)8-14(17)13-10-19-15-7-5-4-6-12(13)15/h4-7,10-11H,8-9H2,1-3H3. The van der Waals surface area contributed by atoms with Crippen LogP contribution in [0.3, 0.4) is 0 Å². The summed E-state index contributed by atoms with van der Waals surface area (Å²) in [4.78, 5) is 14.3. The summed E-state index contributed by atoms with van der Waals surface area (Å²) in [6.45, 7) is 2.99. The molecular formula is C15H19NO3. The Morgan fingerprint density at radius 1 is 1.42 bits per heavy atom. The number of carbonyl (C=O) groups is 1. The molecule has 4 heteroatoms. The number of furan rings is 1. The number of carbonyl (C=O) groups excluding carboxylic acids is 1. The molecule has 0 bridgehead atoms. The molecule has 1 atom stereocenters. The summed E-state index contributed by atoms with van der Waals surface area (Å²) in [5, 5.41) is 0.875. The van der Waals surface area contributed by atoms with Crippen molar-refractivity contribution in [1.29, 1.82) is 0 Å². The van der Waals surface area contributed by atoms with Gasteiger partial charge in [0.25, 0.3) is 0 Å². The van der Waals surface area contributed by atoms with Gasteiger partial charge in [-0.1, -0.05) is 18.2 Å². The van der Waals surface area contributed by atoms with Crippen molar-refractivity contribution in [2.75, 3.05) is 27.3 Å². The van der Waals surface area contributed by atoms with Gasteiger partial charge < -0.3 is 9.15 Å². The third-order valence-electron chi connectivity index (χ3n) is 3.33. The highest BCUT2D eigenvalue weighted by atomic mass is 16.5. The van der Waals surface area contributed by atoms with Gasteiger partial charge in [-0.15, -0.1) is 0 Å². The maximum Gasteiger partial charge on any atom is 0.180 e. The molecule has 2 aromatic rings. The van der Waals surface area contributed by atoms with Crippen LogP contribution in [0.15, 0.2) is 34.9 Å². The lowest BCUT2D eigenvalue weighted by Crippen LogP contribution is -2.36. The number of ketones is 1. The molecule has 4 nitrogen and oxygen atoms in total. The summed E-state index contributed by atoms with van der Waals surface area (Å²) in [5.41, 5.74) is 1.39. The summed E-state index contributed by atoms with van der Waals surface area (Å²) < 4.78 is 10.5. The fourth-order valence-electron chi connectivity index (χ4n) is 2.03. The molecule has 1 aromatic heterocycles. The lowest BCUT2D eigenvalue weighted by molar-refractivity contribution is 0.0842. The highest BCUT2D eigenvalue weighted by Crippen LogP contribution is 2.21. The number of nitrogens with zero attached hydrogens (tertiary/aromatic N) is 1. The number of fused-ring (bicyclic) bond motifs is 1. The van der Waals surface area contributed by atoms with E-state index in [4.69, 9.17) is 9.15 Å². The van der Waals surface area contributed by atoms with E-state index in [1.165, 1.54) is 0 Å². The monoisotopic (exact) mass is 261 g/mol. The molecule has 1 heterocycles. The number of rotatable bonds is 6. The first-order valence-electron chi connectivity index (χ1n) is 6.32. The van der Waals surface area contributed by atoms with Gasteiger partial charge in [0.2, 0.25) is 0 Å². The highest BCUT2D eigenvalue weighted by Gasteiger charge is 2.17. The van der Waals surface area contributed by atoms with Gasteiger partial charge in [0, 0.05) is 18.5 Å². The van der Waals surface area contributed by atoms with Gasteiger partial charge in [0.15, 0.2) is 5.78 Å². The lowest BCUT2D eigenvalue weighted by atomic mass is 10.1. The van der Waals surface area contributed by atoms with Gasteiger partial charge in [-0.25, -0.2) is 0 Å². The number of hydrogen-bond acceptors (Lipinski definition) is 4. The van der Waals surface area contributed by atoms with Crippen LogP contribution in [0.5, 0.6) is 0 Å². The minimum absolute atomic E-state index is 0.0652. The zero-order valence-corrected chi connectivity index (χ0v) is 11.6. The average Bonchev–Trinajstić information content (AvgIpc) is 2.82. The molecule has 0 spiro atoms. The number of likely N-dealkylation sites (N-methyl/N-ethyl adjacent to an activating group) is 1. The number of benzene rings is 1. The SMILES string of the molecule is COCC(C)N(C)CC(=O)c1coc2ccccc12. The van der Waals surface area contributed by atoms with E-state index in [1.807, 2.05) is 43.1 Å². The van der Waals surface area contributed by atoms with Gasteiger partial charge in [-0.3, -0.25) is 9.69 Å². The van der Waals surface area contributed by atoms with Gasteiger partial charge in [0.05, 0.1) is 18.7 Å². The minimum Gasteiger partial charge on any atom is -0.464 e. The van der Waals surface area contributed by atoms with Crippen LogP contribution in [0.4, 0.5) is 0 Å². The second-order valence-corrected chi connectivity index (χ2v) is 4.79. The maximum absolute atomic E-state index is 12.3. The van der Waals surface area contributed by atoms with Crippen LogP contribution in [0.1, 0.15) is 17.3 Å². The van der Waals surface area contributed by atoms with Crippen molar-refractivity contribution in [3.8, 4) is 0 Å². The van der Waals surface area contributed by atoms with E-state index >= 15 is 0 Å². The normalized spacial score (nSPS) is 13.1. The van der Waals surface area contributed by atoms with Crippen LogP contribution in [0.25, 0.3) is 11.0 Å². The Hall–Kier alpha value is -1.65. The Morgan fingerprint density at radius 2 is 2.16 bits per heavy atom. The van der Waals surface area contributed by atoms with Gasteiger partial charge in [-0.2, -0.15) is 0 Å². The number of Topliss-reactive ketones (excluding diaryl/α,β-unsaturated/α-hetero) is 1. The lowest BCUT2D eigenvalue weighted by Gasteiger charge is -2.22. The quantitative estimate of drug-likeness (QED) is 0.750. The molecule has 19 heavy (non-hydrogen) atoms. The molecule has 1 aromatic carbocycles. The third kappa shape index (κ3) is 3.03. The van der Waals surface area contributed by atoms with Crippen LogP contribution < -0.4 is 0 Å². The van der Waals surface area contributed by atoms with Gasteiger partial charge in [0.1, 0.15) is 11.8 Å². The van der Waals surface area contributed by atoms with E-state index in [0.717, 1.165) is 11.0 Å². The average molecular weight is 261 g/mol. The fraction of sp³-hybridized carbons (Fsp3) is 0.400. The molecule has 0 fully saturated rings. The molecule has 0 aliphatic rings. The molecule has 102 valence electrons. The van der Waals surface area contributed by atoms with Gasteiger partial charge >= 0.3 is 0 Å². The molecule has 0 amide bonds. The molecule has 0 saturated carbocycles. The van der Waals surface area contributed by atoms with Crippen LogP contribution >= 0.6 is 0 Å². The Kier molecular flexibility index (Phi) is 4.35. The Balaban J connectivity index is 2.12. The smallest absolute Gasteiger partial charge is 0.180 e. The Morgan fingerprint density at radius 3 is 2.89 bits per heavy atom. The maximum atomic E-state index is 12.3. The van der Waals surface area contributed by atoms with Crippen molar-refractivity contribution in [1.82, 2.24) is 4.90 Å². The Bertz CT molecular complexity index is 561. The summed E-state index contributed by atoms with van der Waals surface area (Å²) in [6.07, 6.45) is 1.54. The largest absolute Gasteiger partial charge is 0.464 e. The van der Waals surface area contributed by atoms with E-state index in [2.05, 4.69) is 0 Å². The molecule has 0 aliphatic heterocycles. The fourth-order valence-corrected chi connectivity index (χ4v) is 2.03. The zero-order valence-electron chi connectivity index (χ0n) is 11.6. The number of methoxy groups -OCH3 is 1. The summed E-state index contributed by atoms with van der Waals surface area (Å²) in [7, 11) is 3.58. The number of para-hydroxylation sites is 1. The second-order valence-electron chi connectivity index (χ2n) is 4.79. The van der Waals surface area contributed by atoms with E-state index < -0.39 is 0 Å². The summed E-state index contributed by atoms with van der Waals surface area (Å²) >= 11 is 0. The summed E-state index contributed by atoms with van der Waals surface area (Å²) in [6, 6.07) is 7.78. The molecule has 0 saturated heterocycles. The first-order valence-corrected chi connectivity index (χ1v) is 6.32. The molecule has 1 unspecified atom stereocenters. The first kappa shape index (κ1) is 13.8. The van der Waals surface area contributed by atoms with E-state index in [0.29, 0.717) is 18.7 Å². The predicted molar refractivity (Wildman–Crippen MR) is 74.5 cm³/mol. The van der Waals surface area contributed by atoms with Gasteiger partial charge in [-0.05, 0) is 20.0 Å². The molecule has 0 N–H and O–H groups in total. The molecule has 0 radical (unpaired) electrons. The van der Waals surface area contributed by atoms with E-state index in [-0.39, 0.29) is 11.8 Å². The topological polar surface area (TPSA) is 42.7 Å². The number of ether oxygens (including phenoxy) is 1. The van der Waals surface area contributed by atoms with E-state index in [9.17, 15) is 4.79 Å². The van der Waals surface area contributed by atoms with E-state index in [1.54, 1.807) is 13.4 Å². The van der Waals surface area contributed by atoms with Crippen molar-refractivity contribution < 1.29 is 13.9 Å². The van der Waals surface area contributed by atoms with Crippen LogP contribution in [0.2, 0.25) is 0 Å². The van der Waals surface area contributed by atoms with Crippen LogP contribution in [-0.2, 0) is 4.74 Å². The van der Waals surface area contributed by atoms with Crippen LogP contribution in [-0.4, -0.2) is 44.0 Å². The molecule has 0 aliphatic carbocycles. The van der Waals surface area contributed by atoms with Crippen molar-refractivity contribution in [2.24, 2.45) is 0 Å². The molecular weight excluding hydrogens is 242 g/mol. The Labute approximate surface area is 112 Å². The molecule has 2 rings (SSSR count). The van der Waals surface area contributed by atoms with Crippen molar-refractivity contribution in [3.63, 3.8) is 0 Å².